The average molecular weight is 357 g/mol. The van der Waals surface area contributed by atoms with Gasteiger partial charge in [0.25, 0.3) is 5.91 Å². The van der Waals surface area contributed by atoms with Crippen LogP contribution in [0.3, 0.4) is 0 Å². The first-order valence-electron chi connectivity index (χ1n) is 8.80. The molecule has 0 radical (unpaired) electrons. The van der Waals surface area contributed by atoms with E-state index in [2.05, 4.69) is 15.5 Å². The van der Waals surface area contributed by atoms with Gasteiger partial charge in [0.2, 0.25) is 0 Å². The topological polar surface area (TPSA) is 67.0 Å². The van der Waals surface area contributed by atoms with Gasteiger partial charge in [-0.15, -0.1) is 0 Å². The Morgan fingerprint density at radius 2 is 1.74 bits per heavy atom. The van der Waals surface area contributed by atoms with Crippen LogP contribution in [0.2, 0.25) is 0 Å². The van der Waals surface area contributed by atoms with E-state index in [0.29, 0.717) is 24.4 Å². The highest BCUT2D eigenvalue weighted by atomic mass is 16.5. The lowest BCUT2D eigenvalue weighted by Gasteiger charge is -2.10. The van der Waals surface area contributed by atoms with Crippen LogP contribution in [-0.2, 0) is 0 Å². The molecule has 134 valence electrons. The number of benzene rings is 3. The summed E-state index contributed by atoms with van der Waals surface area (Å²) < 4.78 is 5.86. The number of amides is 1. The average Bonchev–Trinajstić information content (AvgIpc) is 3.22. The van der Waals surface area contributed by atoms with Crippen LogP contribution in [0.5, 0.6) is 5.75 Å². The summed E-state index contributed by atoms with van der Waals surface area (Å²) in [7, 11) is 0. The van der Waals surface area contributed by atoms with Crippen LogP contribution in [0, 0.1) is 0 Å². The number of rotatable bonds is 6. The zero-order valence-electron chi connectivity index (χ0n) is 14.7. The maximum atomic E-state index is 12.5. The van der Waals surface area contributed by atoms with Gasteiger partial charge < -0.3 is 10.1 Å². The molecule has 1 aromatic heterocycles. The number of aromatic nitrogens is 2. The maximum Gasteiger partial charge on any atom is 0.255 e. The minimum Gasteiger partial charge on any atom is -0.491 e. The molecule has 5 nitrogen and oxygen atoms in total. The van der Waals surface area contributed by atoms with Gasteiger partial charge in [-0.2, -0.15) is 5.10 Å². The standard InChI is InChI=1S/C22H19N3O2/c26-22(19-15-24-25-21(19)17-8-2-1-3-9-17)23-13-14-27-20-12-6-10-16-7-4-5-11-18(16)20/h1-12,15H,13-14H2,(H,23,26)(H,24,25). The van der Waals surface area contributed by atoms with Crippen molar-refractivity contribution in [1.82, 2.24) is 15.5 Å². The molecule has 0 saturated heterocycles. The number of hydrogen-bond donors (Lipinski definition) is 2. The van der Waals surface area contributed by atoms with Crippen molar-refractivity contribution in [3.63, 3.8) is 0 Å². The van der Waals surface area contributed by atoms with E-state index in [-0.39, 0.29) is 5.91 Å². The fourth-order valence-corrected chi connectivity index (χ4v) is 3.03. The second kappa shape index (κ2) is 7.74. The molecule has 0 aliphatic carbocycles. The summed E-state index contributed by atoms with van der Waals surface area (Å²) >= 11 is 0. The highest BCUT2D eigenvalue weighted by Crippen LogP contribution is 2.25. The molecule has 5 heteroatoms. The minimum atomic E-state index is -0.177. The van der Waals surface area contributed by atoms with E-state index < -0.39 is 0 Å². The molecule has 27 heavy (non-hydrogen) atoms. The Morgan fingerprint density at radius 3 is 2.63 bits per heavy atom. The van der Waals surface area contributed by atoms with Gasteiger partial charge in [0.1, 0.15) is 12.4 Å². The Hall–Kier alpha value is -3.60. The van der Waals surface area contributed by atoms with Gasteiger partial charge in [-0.25, -0.2) is 0 Å². The van der Waals surface area contributed by atoms with E-state index in [4.69, 9.17) is 4.74 Å². The predicted octanol–water partition coefficient (Wildman–Crippen LogP) is 4.04. The van der Waals surface area contributed by atoms with Gasteiger partial charge in [-0.1, -0.05) is 66.7 Å². The zero-order valence-corrected chi connectivity index (χ0v) is 14.7. The smallest absolute Gasteiger partial charge is 0.255 e. The maximum absolute atomic E-state index is 12.5. The largest absolute Gasteiger partial charge is 0.491 e. The third kappa shape index (κ3) is 3.67. The third-order valence-corrected chi connectivity index (χ3v) is 4.34. The summed E-state index contributed by atoms with van der Waals surface area (Å²) in [6.07, 6.45) is 1.54. The lowest BCUT2D eigenvalue weighted by molar-refractivity contribution is 0.0948. The van der Waals surface area contributed by atoms with Gasteiger partial charge in [-0.3, -0.25) is 9.89 Å². The van der Waals surface area contributed by atoms with E-state index in [1.165, 1.54) is 0 Å². The molecule has 1 heterocycles. The first-order valence-corrected chi connectivity index (χ1v) is 8.80. The molecular weight excluding hydrogens is 338 g/mol. The lowest BCUT2D eigenvalue weighted by Crippen LogP contribution is -2.28. The summed E-state index contributed by atoms with van der Waals surface area (Å²) in [5.74, 6) is 0.639. The molecule has 2 N–H and O–H groups in total. The Balaban J connectivity index is 1.37. The Bertz CT molecular complexity index is 1050. The molecule has 0 atom stereocenters. The molecule has 0 fully saturated rings. The monoisotopic (exact) mass is 357 g/mol. The zero-order chi connectivity index (χ0) is 18.5. The number of nitrogens with one attached hydrogen (secondary N) is 2. The van der Waals surface area contributed by atoms with E-state index >= 15 is 0 Å². The van der Waals surface area contributed by atoms with E-state index in [9.17, 15) is 4.79 Å². The van der Waals surface area contributed by atoms with Crippen molar-refractivity contribution in [2.45, 2.75) is 0 Å². The van der Waals surface area contributed by atoms with Crippen LogP contribution in [0.1, 0.15) is 10.4 Å². The molecule has 4 aromatic rings. The number of nitrogens with zero attached hydrogens (tertiary/aromatic N) is 1. The third-order valence-electron chi connectivity index (χ3n) is 4.34. The van der Waals surface area contributed by atoms with E-state index in [1.54, 1.807) is 6.20 Å². The van der Waals surface area contributed by atoms with E-state index in [1.807, 2.05) is 72.8 Å². The van der Waals surface area contributed by atoms with E-state index in [0.717, 1.165) is 22.1 Å². The van der Waals surface area contributed by atoms with Gasteiger partial charge >= 0.3 is 0 Å². The van der Waals surface area contributed by atoms with Crippen LogP contribution >= 0.6 is 0 Å². The number of H-pyrrole nitrogens is 1. The normalized spacial score (nSPS) is 10.7. The number of aromatic amines is 1. The van der Waals surface area contributed by atoms with Crippen LogP contribution < -0.4 is 10.1 Å². The first kappa shape index (κ1) is 16.8. The Morgan fingerprint density at radius 1 is 0.963 bits per heavy atom. The second-order valence-corrected chi connectivity index (χ2v) is 6.11. The van der Waals surface area contributed by atoms with Crippen LogP contribution in [0.25, 0.3) is 22.0 Å². The highest BCUT2D eigenvalue weighted by molar-refractivity contribution is 5.99. The fourth-order valence-electron chi connectivity index (χ4n) is 3.03. The minimum absolute atomic E-state index is 0.177. The predicted molar refractivity (Wildman–Crippen MR) is 106 cm³/mol. The van der Waals surface area contributed by atoms with Crippen molar-refractivity contribution in [1.29, 1.82) is 0 Å². The fraction of sp³-hybridized carbons (Fsp3) is 0.0909. The lowest BCUT2D eigenvalue weighted by atomic mass is 10.1. The number of fused-ring (bicyclic) bond motifs is 1. The molecule has 0 saturated carbocycles. The van der Waals surface area contributed by atoms with Gasteiger partial charge in [0.05, 0.1) is 24.0 Å². The summed E-state index contributed by atoms with van der Waals surface area (Å²) in [4.78, 5) is 12.5. The molecule has 0 spiro atoms. The van der Waals surface area contributed by atoms with Crippen LogP contribution in [-0.4, -0.2) is 29.3 Å². The molecule has 0 aliphatic heterocycles. The number of carbonyl (C=O) groups is 1. The summed E-state index contributed by atoms with van der Waals surface area (Å²) in [5.41, 5.74) is 2.15. The molecule has 4 rings (SSSR count). The van der Waals surface area contributed by atoms with Gasteiger partial charge in [-0.05, 0) is 11.5 Å². The van der Waals surface area contributed by atoms with Crippen molar-refractivity contribution in [3.05, 3.63) is 84.6 Å². The molecule has 3 aromatic carbocycles. The molecule has 1 amide bonds. The molecular formula is C22H19N3O2. The number of carbonyl (C=O) groups excluding carboxylic acids is 1. The van der Waals surface area contributed by atoms with Crippen molar-refractivity contribution in [2.75, 3.05) is 13.2 Å². The molecule has 0 bridgehead atoms. The van der Waals surface area contributed by atoms with Gasteiger partial charge in [0, 0.05) is 10.9 Å². The summed E-state index contributed by atoms with van der Waals surface area (Å²) in [6, 6.07) is 23.7. The molecule has 0 unspecified atom stereocenters. The van der Waals surface area contributed by atoms with Crippen LogP contribution in [0.15, 0.2) is 79.0 Å². The molecule has 0 aliphatic rings. The summed E-state index contributed by atoms with van der Waals surface area (Å²) in [6.45, 7) is 0.791. The highest BCUT2D eigenvalue weighted by Gasteiger charge is 2.14. The summed E-state index contributed by atoms with van der Waals surface area (Å²) in [5, 5.41) is 12.0. The first-order chi connectivity index (χ1) is 13.3. The van der Waals surface area contributed by atoms with Gasteiger partial charge in [0.15, 0.2) is 0 Å². The SMILES string of the molecule is O=C(NCCOc1cccc2ccccc12)c1cn[nH]c1-c1ccccc1. The number of ether oxygens (including phenoxy) is 1. The Labute approximate surface area is 157 Å². The van der Waals surface area contributed by atoms with Crippen molar-refractivity contribution in [3.8, 4) is 17.0 Å². The second-order valence-electron chi connectivity index (χ2n) is 6.11. The number of hydrogen-bond acceptors (Lipinski definition) is 3. The van der Waals surface area contributed by atoms with Crippen molar-refractivity contribution < 1.29 is 9.53 Å². The van der Waals surface area contributed by atoms with Crippen molar-refractivity contribution >= 4 is 16.7 Å². The Kier molecular flexibility index (Phi) is 4.83. The quantitative estimate of drug-likeness (QED) is 0.512. The van der Waals surface area contributed by atoms with Crippen LogP contribution in [0.4, 0.5) is 0 Å². The van der Waals surface area contributed by atoms with Crippen molar-refractivity contribution in [2.24, 2.45) is 0 Å².